The first-order chi connectivity index (χ1) is 9.81. The summed E-state index contributed by atoms with van der Waals surface area (Å²) in [5.74, 6) is 1.60. The maximum absolute atomic E-state index is 9.25. The number of hydrogen-bond donors (Lipinski definition) is 1. The molecule has 1 aromatic heterocycles. The third kappa shape index (κ3) is 2.51. The molecule has 1 saturated carbocycles. The average Bonchev–Trinajstić information content (AvgIpc) is 3.11. The van der Waals surface area contributed by atoms with Gasteiger partial charge in [-0.2, -0.15) is 5.26 Å². The van der Waals surface area contributed by atoms with Gasteiger partial charge in [0.05, 0.1) is 6.61 Å². The lowest BCUT2D eigenvalue weighted by Gasteiger charge is -2.18. The number of hydrogen-bond acceptors (Lipinski definition) is 4. The Morgan fingerprint density at radius 1 is 1.30 bits per heavy atom. The van der Waals surface area contributed by atoms with E-state index in [0.29, 0.717) is 29.9 Å². The Morgan fingerprint density at radius 2 is 2.15 bits per heavy atom. The molecule has 106 valence electrons. The summed E-state index contributed by atoms with van der Waals surface area (Å²) in [6.45, 7) is 1.37. The Balaban J connectivity index is 1.72. The zero-order valence-electron chi connectivity index (χ0n) is 11.8. The van der Waals surface area contributed by atoms with Gasteiger partial charge in [-0.15, -0.1) is 0 Å². The molecule has 2 N–H and O–H groups in total. The number of fused-ring (bicyclic) bond motifs is 1. The van der Waals surface area contributed by atoms with Crippen LogP contribution in [-0.4, -0.2) is 18.1 Å². The Morgan fingerprint density at radius 3 is 2.95 bits per heavy atom. The minimum absolute atomic E-state index is 0.515. The van der Waals surface area contributed by atoms with Crippen molar-refractivity contribution in [2.45, 2.75) is 38.5 Å². The number of pyridine rings is 1. The molecule has 4 heteroatoms. The van der Waals surface area contributed by atoms with Crippen LogP contribution in [0.2, 0.25) is 0 Å². The van der Waals surface area contributed by atoms with E-state index in [0.717, 1.165) is 31.5 Å². The smallest absolute Gasteiger partial charge is 0.231 e. The van der Waals surface area contributed by atoms with Gasteiger partial charge in [0.15, 0.2) is 0 Å². The summed E-state index contributed by atoms with van der Waals surface area (Å²) in [6.07, 6.45) is 6.79. The van der Waals surface area contributed by atoms with Gasteiger partial charge in [-0.05, 0) is 62.1 Å². The first-order valence-corrected chi connectivity index (χ1v) is 7.57. The lowest BCUT2D eigenvalue weighted by molar-refractivity contribution is 0.209. The van der Waals surface area contributed by atoms with Gasteiger partial charge in [-0.3, -0.25) is 0 Å². The third-order valence-corrected chi connectivity index (χ3v) is 4.69. The third-order valence-electron chi connectivity index (χ3n) is 4.69. The van der Waals surface area contributed by atoms with Gasteiger partial charge in [0.2, 0.25) is 5.88 Å². The van der Waals surface area contributed by atoms with Crippen molar-refractivity contribution in [3.05, 3.63) is 22.9 Å². The van der Waals surface area contributed by atoms with Gasteiger partial charge in [0, 0.05) is 5.69 Å². The first kappa shape index (κ1) is 13.4. The maximum atomic E-state index is 9.25. The van der Waals surface area contributed by atoms with Crippen LogP contribution in [0.3, 0.4) is 0 Å². The molecule has 2 aliphatic carbocycles. The van der Waals surface area contributed by atoms with Crippen molar-refractivity contribution in [1.29, 1.82) is 5.26 Å². The normalized spacial score (nSPS) is 24.4. The number of nitrogens with zero attached hydrogens (tertiary/aromatic N) is 2. The van der Waals surface area contributed by atoms with E-state index < -0.39 is 0 Å². The SMILES string of the molecule is N#Cc1cc2c(nc1OCC1CCCC1CN)CCC2. The monoisotopic (exact) mass is 271 g/mol. The molecule has 3 rings (SSSR count). The number of nitrogens with two attached hydrogens (primary N) is 1. The van der Waals surface area contributed by atoms with Crippen molar-refractivity contribution in [3.8, 4) is 11.9 Å². The van der Waals surface area contributed by atoms with Crippen LogP contribution in [0.15, 0.2) is 6.07 Å². The van der Waals surface area contributed by atoms with Gasteiger partial charge in [0.1, 0.15) is 11.6 Å². The zero-order chi connectivity index (χ0) is 13.9. The van der Waals surface area contributed by atoms with Crippen LogP contribution < -0.4 is 10.5 Å². The summed E-state index contributed by atoms with van der Waals surface area (Å²) in [6, 6.07) is 4.17. The van der Waals surface area contributed by atoms with Crippen LogP contribution in [0.4, 0.5) is 0 Å². The molecule has 0 radical (unpaired) electrons. The largest absolute Gasteiger partial charge is 0.476 e. The van der Waals surface area contributed by atoms with E-state index in [4.69, 9.17) is 10.5 Å². The Kier molecular flexibility index (Phi) is 3.88. The fourth-order valence-electron chi connectivity index (χ4n) is 3.47. The van der Waals surface area contributed by atoms with Gasteiger partial charge in [0.25, 0.3) is 0 Å². The lowest BCUT2D eigenvalue weighted by Crippen LogP contribution is -2.23. The van der Waals surface area contributed by atoms with Crippen LogP contribution in [0.1, 0.15) is 42.5 Å². The predicted molar refractivity (Wildman–Crippen MR) is 76.4 cm³/mol. The minimum Gasteiger partial charge on any atom is -0.476 e. The summed E-state index contributed by atoms with van der Waals surface area (Å²) < 4.78 is 5.88. The van der Waals surface area contributed by atoms with Gasteiger partial charge >= 0.3 is 0 Å². The van der Waals surface area contributed by atoms with Crippen LogP contribution >= 0.6 is 0 Å². The van der Waals surface area contributed by atoms with E-state index in [1.54, 1.807) is 0 Å². The molecule has 2 unspecified atom stereocenters. The first-order valence-electron chi connectivity index (χ1n) is 7.57. The highest BCUT2D eigenvalue weighted by Crippen LogP contribution is 2.32. The molecule has 0 aromatic carbocycles. The number of nitriles is 1. The fourth-order valence-corrected chi connectivity index (χ4v) is 3.47. The molecule has 2 aliphatic rings. The second-order valence-electron chi connectivity index (χ2n) is 5.91. The Hall–Kier alpha value is -1.60. The van der Waals surface area contributed by atoms with E-state index in [9.17, 15) is 5.26 Å². The highest BCUT2D eigenvalue weighted by molar-refractivity contribution is 5.44. The fraction of sp³-hybridized carbons (Fsp3) is 0.625. The van der Waals surface area contributed by atoms with E-state index in [2.05, 4.69) is 11.1 Å². The van der Waals surface area contributed by atoms with Crippen molar-refractivity contribution in [3.63, 3.8) is 0 Å². The molecule has 20 heavy (non-hydrogen) atoms. The van der Waals surface area contributed by atoms with E-state index in [1.165, 1.54) is 24.8 Å². The molecular weight excluding hydrogens is 250 g/mol. The van der Waals surface area contributed by atoms with Crippen molar-refractivity contribution in [2.75, 3.05) is 13.2 Å². The van der Waals surface area contributed by atoms with Crippen LogP contribution in [0.25, 0.3) is 0 Å². The van der Waals surface area contributed by atoms with Crippen LogP contribution in [0.5, 0.6) is 5.88 Å². The van der Waals surface area contributed by atoms with Crippen LogP contribution in [-0.2, 0) is 12.8 Å². The molecule has 1 fully saturated rings. The van der Waals surface area contributed by atoms with Crippen molar-refractivity contribution >= 4 is 0 Å². The molecule has 0 spiro atoms. The molecule has 0 bridgehead atoms. The molecule has 0 saturated heterocycles. The predicted octanol–water partition coefficient (Wildman–Crippen LogP) is 2.20. The average molecular weight is 271 g/mol. The molecule has 1 heterocycles. The molecule has 0 aliphatic heterocycles. The highest BCUT2D eigenvalue weighted by Gasteiger charge is 2.27. The van der Waals surface area contributed by atoms with Gasteiger partial charge in [-0.1, -0.05) is 6.42 Å². The maximum Gasteiger partial charge on any atom is 0.231 e. The standard InChI is InChI=1S/C16H21N3O/c17-8-12-4-1-5-13(12)10-20-16-14(9-18)7-11-3-2-6-15(11)19-16/h7,12-13H,1-6,8,10,17H2. The molecule has 0 amide bonds. The topological polar surface area (TPSA) is 71.9 Å². The second kappa shape index (κ2) is 5.80. The molecule has 1 aromatic rings. The molecule has 2 atom stereocenters. The van der Waals surface area contributed by atoms with Crippen molar-refractivity contribution in [2.24, 2.45) is 17.6 Å². The van der Waals surface area contributed by atoms with E-state index in [-0.39, 0.29) is 0 Å². The minimum atomic E-state index is 0.515. The molecule has 4 nitrogen and oxygen atoms in total. The summed E-state index contributed by atoms with van der Waals surface area (Å²) in [5, 5.41) is 9.25. The van der Waals surface area contributed by atoms with Gasteiger partial charge in [-0.25, -0.2) is 4.98 Å². The quantitative estimate of drug-likeness (QED) is 0.911. The Bertz CT molecular complexity index is 535. The van der Waals surface area contributed by atoms with Gasteiger partial charge < -0.3 is 10.5 Å². The van der Waals surface area contributed by atoms with Crippen molar-refractivity contribution in [1.82, 2.24) is 4.98 Å². The van der Waals surface area contributed by atoms with Crippen molar-refractivity contribution < 1.29 is 4.74 Å². The summed E-state index contributed by atoms with van der Waals surface area (Å²) in [4.78, 5) is 4.56. The number of aromatic nitrogens is 1. The highest BCUT2D eigenvalue weighted by atomic mass is 16.5. The Labute approximate surface area is 119 Å². The number of ether oxygens (including phenoxy) is 1. The summed E-state index contributed by atoms with van der Waals surface area (Å²) in [5.41, 5.74) is 8.71. The zero-order valence-corrected chi connectivity index (χ0v) is 11.8. The second-order valence-corrected chi connectivity index (χ2v) is 5.91. The summed E-state index contributed by atoms with van der Waals surface area (Å²) in [7, 11) is 0. The number of aryl methyl sites for hydroxylation is 2. The van der Waals surface area contributed by atoms with E-state index >= 15 is 0 Å². The number of rotatable bonds is 4. The van der Waals surface area contributed by atoms with E-state index in [1.807, 2.05) is 6.07 Å². The summed E-state index contributed by atoms with van der Waals surface area (Å²) >= 11 is 0. The van der Waals surface area contributed by atoms with Crippen LogP contribution in [0, 0.1) is 23.2 Å². The molecular formula is C16H21N3O. The lowest BCUT2D eigenvalue weighted by atomic mass is 9.97.